The van der Waals surface area contributed by atoms with Crippen LogP contribution in [0.2, 0.25) is 0 Å². The summed E-state index contributed by atoms with van der Waals surface area (Å²) in [7, 11) is 2.62. The number of ether oxygens (including phenoxy) is 4. The number of benzene rings is 2. The molecule has 16 nitrogen and oxygen atoms in total. The Balaban J connectivity index is 0.883. The van der Waals surface area contributed by atoms with Gasteiger partial charge in [0, 0.05) is 30.8 Å². The van der Waals surface area contributed by atoms with E-state index in [0.717, 1.165) is 79.7 Å². The average Bonchev–Trinajstić information content (AvgIpc) is 3.94. The maximum absolute atomic E-state index is 13.8. The maximum atomic E-state index is 13.8. The molecule has 4 N–H and O–H groups in total. The van der Waals surface area contributed by atoms with E-state index in [4.69, 9.17) is 28.9 Å². The van der Waals surface area contributed by atoms with E-state index in [1.165, 1.54) is 14.2 Å². The number of likely N-dealkylation sites (tertiary alicyclic amines) is 2. The first-order valence-corrected chi connectivity index (χ1v) is 19.8. The molecule has 9 rings (SSSR count). The van der Waals surface area contributed by atoms with Gasteiger partial charge in [0.1, 0.15) is 17.7 Å². The quantitative estimate of drug-likeness (QED) is 0.120. The molecule has 4 atom stereocenters. The third-order valence-electron chi connectivity index (χ3n) is 11.8. The van der Waals surface area contributed by atoms with Crippen molar-refractivity contribution >= 4 is 24.0 Å². The van der Waals surface area contributed by atoms with Crippen molar-refractivity contribution in [1.29, 1.82) is 0 Å². The summed E-state index contributed by atoms with van der Waals surface area (Å²) in [5.74, 6) is 3.71. The van der Waals surface area contributed by atoms with Crippen molar-refractivity contribution in [3.05, 3.63) is 60.4 Å². The molecular weight excluding hydrogens is 732 g/mol. The van der Waals surface area contributed by atoms with Crippen LogP contribution in [0.1, 0.15) is 75.1 Å². The Morgan fingerprint density at radius 3 is 1.77 bits per heavy atom. The molecule has 16 heteroatoms. The number of carbonyl (C=O) groups is 4. The van der Waals surface area contributed by atoms with Crippen molar-refractivity contribution in [2.45, 2.75) is 69.5 Å². The normalized spacial score (nSPS) is 20.7. The van der Waals surface area contributed by atoms with Crippen molar-refractivity contribution in [2.24, 2.45) is 17.8 Å². The van der Waals surface area contributed by atoms with Crippen LogP contribution in [0.5, 0.6) is 23.0 Å². The van der Waals surface area contributed by atoms with Gasteiger partial charge in [-0.05, 0) is 99.6 Å². The molecule has 0 bridgehead atoms. The van der Waals surface area contributed by atoms with Crippen molar-refractivity contribution in [2.75, 3.05) is 33.9 Å². The topological polar surface area (TPSA) is 193 Å². The molecule has 2 aliphatic carbocycles. The van der Waals surface area contributed by atoms with E-state index >= 15 is 0 Å². The second-order valence-corrected chi connectivity index (χ2v) is 15.5. The number of methoxy groups -OCH3 is 2. The number of nitrogens with one attached hydrogen (secondary N) is 4. The number of fused-ring (bicyclic) bond motifs is 2. The Morgan fingerprint density at radius 2 is 1.25 bits per heavy atom. The first-order chi connectivity index (χ1) is 27.8. The summed E-state index contributed by atoms with van der Waals surface area (Å²) in [6.45, 7) is 1.49. The van der Waals surface area contributed by atoms with Crippen LogP contribution >= 0.6 is 0 Å². The number of aromatic nitrogens is 4. The van der Waals surface area contributed by atoms with E-state index in [-0.39, 0.29) is 48.2 Å². The molecule has 0 radical (unpaired) electrons. The first kappa shape index (κ1) is 36.6. The molecule has 2 aromatic heterocycles. The van der Waals surface area contributed by atoms with E-state index in [0.29, 0.717) is 41.9 Å². The van der Waals surface area contributed by atoms with Gasteiger partial charge in [-0.25, -0.2) is 19.6 Å². The number of nitrogens with zero attached hydrogens (tertiary/aromatic N) is 4. The highest BCUT2D eigenvalue weighted by Crippen LogP contribution is 2.48. The molecule has 4 unspecified atom stereocenters. The van der Waals surface area contributed by atoms with Crippen molar-refractivity contribution in [1.82, 2.24) is 40.4 Å². The van der Waals surface area contributed by atoms with Gasteiger partial charge in [0.05, 0.1) is 56.0 Å². The van der Waals surface area contributed by atoms with E-state index in [1.807, 2.05) is 46.2 Å². The van der Waals surface area contributed by atoms with E-state index in [9.17, 15) is 19.2 Å². The smallest absolute Gasteiger partial charge is 0.407 e. The largest absolute Gasteiger partial charge is 0.453 e. The molecule has 5 heterocycles. The molecule has 5 aliphatic rings. The number of alkyl carbamates (subject to hydrolysis) is 2. The van der Waals surface area contributed by atoms with Crippen LogP contribution in [-0.2, 0) is 19.1 Å². The lowest BCUT2D eigenvalue weighted by molar-refractivity contribution is -0.137. The van der Waals surface area contributed by atoms with Crippen LogP contribution in [0.25, 0.3) is 22.5 Å². The summed E-state index contributed by atoms with van der Waals surface area (Å²) in [5, 5.41) is 5.48. The molecule has 2 aromatic carbocycles. The molecule has 4 aromatic rings. The van der Waals surface area contributed by atoms with Gasteiger partial charge in [-0.2, -0.15) is 0 Å². The van der Waals surface area contributed by atoms with Gasteiger partial charge >= 0.3 is 12.2 Å². The highest BCUT2D eigenvalue weighted by atomic mass is 16.6. The predicted octanol–water partition coefficient (Wildman–Crippen LogP) is 6.21. The molecule has 0 spiro atoms. The van der Waals surface area contributed by atoms with Crippen LogP contribution in [0.3, 0.4) is 0 Å². The fraction of sp³-hybridized carbons (Fsp3) is 0.463. The third-order valence-corrected chi connectivity index (χ3v) is 11.8. The Hall–Kier alpha value is -6.06. The lowest BCUT2D eigenvalue weighted by Gasteiger charge is -2.28. The molecule has 298 valence electrons. The van der Waals surface area contributed by atoms with Crippen LogP contribution < -0.4 is 20.1 Å². The summed E-state index contributed by atoms with van der Waals surface area (Å²) >= 11 is 0. The number of hydrogen-bond acceptors (Lipinski definition) is 10. The zero-order valence-corrected chi connectivity index (χ0v) is 31.9. The molecule has 2 saturated carbocycles. The minimum absolute atomic E-state index is 0.0423. The van der Waals surface area contributed by atoms with Crippen LogP contribution in [0.15, 0.2) is 48.8 Å². The molecule has 4 fully saturated rings. The SMILES string of the molecule is COC(=O)NCC(C(=O)N1CCCC1c1ncc(-c2ccc3c(c2)Oc2cc(-c4cnc(C5CCCN5C(=O)C(NC(=O)OC)C5CC5)[nH]4)ccc2O3)[nH]1)C1CC1. The zero-order chi connectivity index (χ0) is 39.2. The maximum Gasteiger partial charge on any atom is 0.407 e. The number of rotatable bonds is 11. The van der Waals surface area contributed by atoms with Crippen LogP contribution in [0, 0.1) is 17.8 Å². The second kappa shape index (κ2) is 15.1. The van der Waals surface area contributed by atoms with E-state index in [2.05, 4.69) is 20.6 Å². The van der Waals surface area contributed by atoms with Gasteiger partial charge in [-0.15, -0.1) is 0 Å². The standard InChI is InChI=1S/C41H46N8O8/c1-54-40(52)44-19-26(22-7-8-22)38(50)48-15-3-5-29(48)36-42-20-27(45-36)24-11-13-31-33(17-24)57-34-18-25(12-14-32(34)56-31)28-21-43-37(46-28)30-6-4-16-49(30)39(51)35(23-9-10-23)47-41(53)55-2/h11-14,17-18,20-23,26,29-30,35H,3-10,15-16,19H2,1-2H3,(H,42,45)(H,43,46)(H,44,52)(H,47,53). The fourth-order valence-corrected chi connectivity index (χ4v) is 8.46. The van der Waals surface area contributed by atoms with Gasteiger partial charge in [-0.3, -0.25) is 9.59 Å². The van der Waals surface area contributed by atoms with Crippen molar-refractivity contribution in [3.63, 3.8) is 0 Å². The fourth-order valence-electron chi connectivity index (χ4n) is 8.46. The number of H-pyrrole nitrogens is 2. The highest BCUT2D eigenvalue weighted by Gasteiger charge is 2.44. The van der Waals surface area contributed by atoms with Gasteiger partial charge < -0.3 is 49.3 Å². The monoisotopic (exact) mass is 778 g/mol. The number of carbonyl (C=O) groups excluding carboxylic acids is 4. The van der Waals surface area contributed by atoms with Crippen LogP contribution in [0.4, 0.5) is 9.59 Å². The molecule has 4 amide bonds. The molecule has 3 aliphatic heterocycles. The molecular formula is C41H46N8O8. The minimum atomic E-state index is -0.605. The number of hydrogen-bond donors (Lipinski definition) is 4. The summed E-state index contributed by atoms with van der Waals surface area (Å²) in [6, 6.07) is 10.4. The zero-order valence-electron chi connectivity index (χ0n) is 31.9. The summed E-state index contributed by atoms with van der Waals surface area (Å²) in [5.41, 5.74) is 3.25. The average molecular weight is 779 g/mol. The third kappa shape index (κ3) is 7.35. The summed E-state index contributed by atoms with van der Waals surface area (Å²) < 4.78 is 22.2. The summed E-state index contributed by atoms with van der Waals surface area (Å²) in [4.78, 5) is 71.3. The minimum Gasteiger partial charge on any atom is -0.453 e. The molecule has 57 heavy (non-hydrogen) atoms. The highest BCUT2D eigenvalue weighted by molar-refractivity contribution is 5.87. The second-order valence-electron chi connectivity index (χ2n) is 15.5. The van der Waals surface area contributed by atoms with E-state index in [1.54, 1.807) is 12.4 Å². The Labute approximate surface area is 329 Å². The van der Waals surface area contributed by atoms with Gasteiger partial charge in [0.25, 0.3) is 0 Å². The Kier molecular flexibility index (Phi) is 9.70. The number of amides is 4. The first-order valence-electron chi connectivity index (χ1n) is 19.8. The van der Waals surface area contributed by atoms with Crippen molar-refractivity contribution in [3.8, 4) is 45.5 Å². The van der Waals surface area contributed by atoms with Gasteiger partial charge in [0.15, 0.2) is 23.0 Å². The molecule has 2 saturated heterocycles. The summed E-state index contributed by atoms with van der Waals surface area (Å²) in [6.07, 6.45) is 9.43. The number of aromatic amines is 2. The van der Waals surface area contributed by atoms with E-state index < -0.39 is 18.2 Å². The lowest BCUT2D eigenvalue weighted by Crippen LogP contribution is -2.49. The number of imidazole rings is 2. The lowest BCUT2D eigenvalue weighted by atomic mass is 10.0. The predicted molar refractivity (Wildman–Crippen MR) is 204 cm³/mol. The van der Waals surface area contributed by atoms with Crippen LogP contribution in [-0.4, -0.2) is 93.6 Å². The Bertz CT molecular complexity index is 2190. The van der Waals surface area contributed by atoms with Gasteiger partial charge in [-0.1, -0.05) is 0 Å². The van der Waals surface area contributed by atoms with Crippen molar-refractivity contribution < 1.29 is 38.1 Å². The van der Waals surface area contributed by atoms with Gasteiger partial charge in [0.2, 0.25) is 11.8 Å². The Morgan fingerprint density at radius 1 is 0.719 bits per heavy atom.